The Hall–Kier alpha value is -2.67. The number of amides is 1. The van der Waals surface area contributed by atoms with Crippen molar-refractivity contribution in [3.63, 3.8) is 0 Å². The van der Waals surface area contributed by atoms with Crippen molar-refractivity contribution >= 4 is 11.6 Å². The first kappa shape index (κ1) is 14.7. The third kappa shape index (κ3) is 4.15. The van der Waals surface area contributed by atoms with Crippen molar-refractivity contribution in [2.75, 3.05) is 6.54 Å². The highest BCUT2D eigenvalue weighted by molar-refractivity contribution is 5.78. The molecule has 0 bridgehead atoms. The number of hydrogen-bond donors (Lipinski definition) is 2. The first-order valence-corrected chi connectivity index (χ1v) is 6.28. The number of carbonyl (C=O) groups is 1. The van der Waals surface area contributed by atoms with Crippen LogP contribution in [0.1, 0.15) is 17.4 Å². The molecule has 0 aliphatic carbocycles. The lowest BCUT2D eigenvalue weighted by Crippen LogP contribution is -2.29. The number of carbonyl (C=O) groups excluding carboxylic acids is 1. The number of aliphatic hydroxyl groups is 1. The zero-order chi connectivity index (χ0) is 15.2. The van der Waals surface area contributed by atoms with E-state index in [2.05, 4.69) is 5.32 Å². The zero-order valence-corrected chi connectivity index (χ0v) is 11.1. The first-order valence-electron chi connectivity index (χ1n) is 6.28. The Labute approximate surface area is 120 Å². The molecule has 1 aromatic heterocycles. The minimum Gasteiger partial charge on any atom is -0.467 e. The van der Waals surface area contributed by atoms with Crippen LogP contribution in [0.25, 0.3) is 0 Å². The van der Waals surface area contributed by atoms with Gasteiger partial charge in [-0.1, -0.05) is 12.1 Å². The van der Waals surface area contributed by atoms with E-state index in [1.54, 1.807) is 12.1 Å². The van der Waals surface area contributed by atoms with Gasteiger partial charge < -0.3 is 14.8 Å². The summed E-state index contributed by atoms with van der Waals surface area (Å²) in [6.45, 7) is 0.0410. The Morgan fingerprint density at radius 1 is 1.33 bits per heavy atom. The Bertz CT molecular complexity index is 607. The topological polar surface area (TPSA) is 106 Å². The highest BCUT2D eigenvalue weighted by Gasteiger charge is 2.12. The summed E-state index contributed by atoms with van der Waals surface area (Å²) in [5.74, 6) is 0.0973. The molecule has 110 valence electrons. The molecule has 1 heterocycles. The second-order valence-corrected chi connectivity index (χ2v) is 4.44. The van der Waals surface area contributed by atoms with Gasteiger partial charge in [-0.15, -0.1) is 0 Å². The number of furan rings is 1. The van der Waals surface area contributed by atoms with E-state index in [1.165, 1.54) is 30.5 Å². The Morgan fingerprint density at radius 2 is 2.05 bits per heavy atom. The molecule has 0 aliphatic heterocycles. The molecule has 0 aliphatic rings. The van der Waals surface area contributed by atoms with Crippen LogP contribution in [0.5, 0.6) is 0 Å². The maximum atomic E-state index is 11.7. The van der Waals surface area contributed by atoms with Gasteiger partial charge in [-0.2, -0.15) is 0 Å². The van der Waals surface area contributed by atoms with Gasteiger partial charge in [0.05, 0.1) is 24.2 Å². The number of nitro benzene ring substituents is 1. The third-order valence-corrected chi connectivity index (χ3v) is 2.88. The van der Waals surface area contributed by atoms with Crippen LogP contribution in [0.2, 0.25) is 0 Å². The van der Waals surface area contributed by atoms with Gasteiger partial charge in [-0.05, 0) is 17.7 Å². The van der Waals surface area contributed by atoms with E-state index >= 15 is 0 Å². The monoisotopic (exact) mass is 290 g/mol. The van der Waals surface area contributed by atoms with Crippen molar-refractivity contribution < 1.29 is 19.2 Å². The first-order chi connectivity index (χ1) is 10.1. The van der Waals surface area contributed by atoms with Gasteiger partial charge in [0.15, 0.2) is 0 Å². The Morgan fingerprint density at radius 3 is 2.62 bits per heavy atom. The largest absolute Gasteiger partial charge is 0.467 e. The van der Waals surface area contributed by atoms with Crippen molar-refractivity contribution in [2.24, 2.45) is 0 Å². The van der Waals surface area contributed by atoms with E-state index in [-0.39, 0.29) is 24.6 Å². The molecule has 7 heteroatoms. The van der Waals surface area contributed by atoms with Crippen LogP contribution >= 0.6 is 0 Å². The van der Waals surface area contributed by atoms with Gasteiger partial charge in [0, 0.05) is 12.1 Å². The molecule has 1 atom stereocenters. The fourth-order valence-electron chi connectivity index (χ4n) is 1.78. The average molecular weight is 290 g/mol. The van der Waals surface area contributed by atoms with Crippen molar-refractivity contribution in [1.82, 2.24) is 5.32 Å². The van der Waals surface area contributed by atoms with Crippen LogP contribution in [-0.4, -0.2) is 22.5 Å². The molecule has 0 radical (unpaired) electrons. The van der Waals surface area contributed by atoms with E-state index in [4.69, 9.17) is 4.42 Å². The molecule has 2 aromatic rings. The van der Waals surface area contributed by atoms with Crippen molar-refractivity contribution in [1.29, 1.82) is 0 Å². The maximum Gasteiger partial charge on any atom is 0.269 e. The predicted octanol–water partition coefficient (Wildman–Crippen LogP) is 1.58. The summed E-state index contributed by atoms with van der Waals surface area (Å²) in [7, 11) is 0. The summed E-state index contributed by atoms with van der Waals surface area (Å²) in [4.78, 5) is 21.7. The van der Waals surface area contributed by atoms with Gasteiger partial charge in [-0.3, -0.25) is 14.9 Å². The lowest BCUT2D eigenvalue weighted by Gasteiger charge is -2.09. The minimum atomic E-state index is -0.902. The summed E-state index contributed by atoms with van der Waals surface area (Å²) < 4.78 is 5.02. The molecule has 0 fully saturated rings. The Balaban J connectivity index is 1.83. The van der Waals surface area contributed by atoms with E-state index in [0.29, 0.717) is 11.3 Å². The highest BCUT2D eigenvalue weighted by atomic mass is 16.6. The number of aliphatic hydroxyl groups excluding tert-OH is 1. The van der Waals surface area contributed by atoms with Gasteiger partial charge >= 0.3 is 0 Å². The van der Waals surface area contributed by atoms with Gasteiger partial charge in [-0.25, -0.2) is 0 Å². The number of nitrogens with zero attached hydrogens (tertiary/aromatic N) is 1. The predicted molar refractivity (Wildman–Crippen MR) is 73.5 cm³/mol. The quantitative estimate of drug-likeness (QED) is 0.620. The molecule has 0 saturated carbocycles. The lowest BCUT2D eigenvalue weighted by atomic mass is 10.1. The smallest absolute Gasteiger partial charge is 0.269 e. The van der Waals surface area contributed by atoms with Crippen molar-refractivity contribution in [3.8, 4) is 0 Å². The maximum absolute atomic E-state index is 11.7. The number of hydrogen-bond acceptors (Lipinski definition) is 5. The van der Waals surface area contributed by atoms with Crippen molar-refractivity contribution in [3.05, 3.63) is 64.1 Å². The van der Waals surface area contributed by atoms with Gasteiger partial charge in [0.1, 0.15) is 11.9 Å². The van der Waals surface area contributed by atoms with Crippen LogP contribution < -0.4 is 5.32 Å². The zero-order valence-electron chi connectivity index (χ0n) is 11.1. The second kappa shape index (κ2) is 6.67. The molecule has 1 aromatic carbocycles. The molecule has 7 nitrogen and oxygen atoms in total. The molecule has 0 unspecified atom stereocenters. The molecule has 1 amide bonds. The van der Waals surface area contributed by atoms with Crippen molar-refractivity contribution in [2.45, 2.75) is 12.5 Å². The fraction of sp³-hybridized carbons (Fsp3) is 0.214. The van der Waals surface area contributed by atoms with E-state index in [9.17, 15) is 20.0 Å². The SMILES string of the molecule is O=C(Cc1ccc([N+](=O)[O-])cc1)NC[C@@H](O)c1ccco1. The molecule has 21 heavy (non-hydrogen) atoms. The second-order valence-electron chi connectivity index (χ2n) is 4.44. The van der Waals surface area contributed by atoms with Crippen LogP contribution in [0.4, 0.5) is 5.69 Å². The highest BCUT2D eigenvalue weighted by Crippen LogP contribution is 2.13. The molecule has 2 rings (SSSR count). The van der Waals surface area contributed by atoms with E-state index in [0.717, 1.165) is 0 Å². The summed E-state index contributed by atoms with van der Waals surface area (Å²) in [6.07, 6.45) is 0.626. The van der Waals surface area contributed by atoms with Gasteiger partial charge in [0.2, 0.25) is 5.91 Å². The molecular weight excluding hydrogens is 276 g/mol. The Kier molecular flexibility index (Phi) is 4.68. The summed E-state index contributed by atoms with van der Waals surface area (Å²) in [5.41, 5.74) is 0.637. The summed E-state index contributed by atoms with van der Waals surface area (Å²) >= 11 is 0. The minimum absolute atomic E-state index is 0.0209. The fourth-order valence-corrected chi connectivity index (χ4v) is 1.78. The molecule has 0 saturated heterocycles. The van der Waals surface area contributed by atoms with Crippen LogP contribution in [0.15, 0.2) is 47.1 Å². The molecule has 2 N–H and O–H groups in total. The molecular formula is C14H14N2O5. The summed E-state index contributed by atoms with van der Waals surface area (Å²) in [6, 6.07) is 9.02. The number of benzene rings is 1. The number of non-ortho nitro benzene ring substituents is 1. The lowest BCUT2D eigenvalue weighted by molar-refractivity contribution is -0.384. The van der Waals surface area contributed by atoms with E-state index in [1.807, 2.05) is 0 Å². The number of nitro groups is 1. The van der Waals surface area contributed by atoms with Crippen LogP contribution in [0, 0.1) is 10.1 Å². The van der Waals surface area contributed by atoms with Gasteiger partial charge in [0.25, 0.3) is 5.69 Å². The standard InChI is InChI=1S/C14H14N2O5/c17-12(13-2-1-7-21-13)9-15-14(18)8-10-3-5-11(6-4-10)16(19)20/h1-7,12,17H,8-9H2,(H,15,18)/t12-/m1/s1. The third-order valence-electron chi connectivity index (χ3n) is 2.88. The van der Waals surface area contributed by atoms with E-state index < -0.39 is 11.0 Å². The van der Waals surface area contributed by atoms with Crippen LogP contribution in [-0.2, 0) is 11.2 Å². The molecule has 0 spiro atoms. The summed E-state index contributed by atoms with van der Waals surface area (Å²) in [5, 5.41) is 22.8. The number of rotatable bonds is 6. The average Bonchev–Trinajstić information content (AvgIpc) is 2.99. The number of nitrogens with one attached hydrogen (secondary N) is 1. The normalized spacial score (nSPS) is 11.9. The van der Waals surface area contributed by atoms with Crippen LogP contribution in [0.3, 0.4) is 0 Å².